The standard InChI is InChI=1S/C25H30N.2C24H27FN.2C24H28N/c1-17-15-18(2)19(3)23(16-17)25-14-13-22-21(20-9-6-5-7-10-20)11-8-12-24(22)26(25)4;1-15-13-16(2)17(3)20(14-15)23-11-9-19-22(26(23)4)12-10-21(25)24(19)18-7-5-6-8-18;1-15-11-16(2)17(3)20(12-15)23-10-9-19-13-22(25)21(14-24(19)26(23)4)18-7-5-6-8-18;1-17-12-13-18(2)22(16-17)24-15-14-21-20(19-8-5-4-6-9-19)10-7-11-23(21)25(24)3;1-17-9-10-18(2)22(15-17)23-14-13-20-11-12-21(16-24(20)25(23)3)19-7-5-4-6-8-19/h8,11-16,20H,5-7,9-10H2,1-4H3;2*9-14,18H,5-8H2,1-4H3;7,10-16,19H,4-6,8-9H2,1-3H3;9-16,19H,4-8H2,1-3H3/q5*+1. The molecule has 10 aromatic carbocycles. The maximum atomic E-state index is 14.7. The van der Waals surface area contributed by atoms with Gasteiger partial charge in [0.25, 0.3) is 0 Å². The van der Waals surface area contributed by atoms with E-state index in [9.17, 15) is 8.78 Å². The Morgan fingerprint density at radius 3 is 1.00 bits per heavy atom. The lowest BCUT2D eigenvalue weighted by Gasteiger charge is -2.23. The van der Waals surface area contributed by atoms with Gasteiger partial charge < -0.3 is 0 Å². The van der Waals surface area contributed by atoms with Gasteiger partial charge in [0.2, 0.25) is 56.1 Å². The predicted molar refractivity (Wildman–Crippen MR) is 534 cm³/mol. The number of nitrogens with zero attached hydrogens (tertiary/aromatic N) is 5. The third kappa shape index (κ3) is 19.1. The van der Waals surface area contributed by atoms with Crippen molar-refractivity contribution in [3.63, 3.8) is 0 Å². The molecule has 5 nitrogen and oxygen atoms in total. The number of fused-ring (bicyclic) bond motifs is 5. The Hall–Kier alpha value is -10.9. The highest BCUT2D eigenvalue weighted by atomic mass is 19.1. The molecule has 5 aliphatic carbocycles. The van der Waals surface area contributed by atoms with Gasteiger partial charge in [-0.15, -0.1) is 0 Å². The number of hydrogen-bond acceptors (Lipinski definition) is 0. The molecule has 0 unspecified atom stereocenters. The Balaban J connectivity index is 0.000000117. The first kappa shape index (κ1) is 90.5. The van der Waals surface area contributed by atoms with E-state index < -0.39 is 0 Å². The van der Waals surface area contributed by atoms with E-state index in [1.165, 1.54) is 289 Å². The van der Waals surface area contributed by atoms with Crippen LogP contribution >= 0.6 is 0 Å². The minimum absolute atomic E-state index is 0.0419. The average Bonchev–Trinajstić information content (AvgIpc) is 1.37. The second kappa shape index (κ2) is 39.6. The zero-order valence-electron chi connectivity index (χ0n) is 80.3. The van der Waals surface area contributed by atoms with Gasteiger partial charge in [0, 0.05) is 116 Å². The van der Waals surface area contributed by atoms with Crippen LogP contribution in [0.1, 0.15) is 277 Å². The van der Waals surface area contributed by atoms with E-state index in [2.05, 4.69) is 342 Å². The lowest BCUT2D eigenvalue weighted by atomic mass is 9.82. The van der Waals surface area contributed by atoms with Crippen molar-refractivity contribution >= 4 is 54.5 Å². The van der Waals surface area contributed by atoms with E-state index in [1.807, 2.05) is 6.07 Å². The lowest BCUT2D eigenvalue weighted by Crippen LogP contribution is -2.32. The van der Waals surface area contributed by atoms with E-state index in [1.54, 1.807) is 23.3 Å². The van der Waals surface area contributed by atoms with Crippen LogP contribution in [0.3, 0.4) is 0 Å². The van der Waals surface area contributed by atoms with Crippen LogP contribution < -0.4 is 22.8 Å². The molecule has 5 aliphatic rings. The first-order valence-electron chi connectivity index (χ1n) is 48.7. The highest BCUT2D eigenvalue weighted by molar-refractivity contribution is 5.86. The molecule has 0 spiro atoms. The molecule has 0 saturated heterocycles. The van der Waals surface area contributed by atoms with Gasteiger partial charge in [-0.3, -0.25) is 0 Å². The van der Waals surface area contributed by atoms with Crippen LogP contribution in [-0.2, 0) is 35.2 Å². The molecule has 20 rings (SSSR count). The normalized spacial score (nSPS) is 15.4. The highest BCUT2D eigenvalue weighted by Crippen LogP contribution is 2.44. The molecular formula is C121H140F2N5+5. The third-order valence-electron chi connectivity index (χ3n) is 30.6. The Kier molecular flexibility index (Phi) is 28.0. The quantitative estimate of drug-likeness (QED) is 0.122. The van der Waals surface area contributed by atoms with Crippen molar-refractivity contribution in [1.82, 2.24) is 0 Å². The summed E-state index contributed by atoms with van der Waals surface area (Å²) in [5, 5.41) is 6.25. The molecule has 15 aromatic rings. The Labute approximate surface area is 764 Å². The molecule has 0 aliphatic heterocycles. The van der Waals surface area contributed by atoms with E-state index in [-0.39, 0.29) is 11.6 Å². The predicted octanol–water partition coefficient (Wildman–Crippen LogP) is 30.4. The van der Waals surface area contributed by atoms with Crippen LogP contribution in [0.2, 0.25) is 0 Å². The molecule has 5 aromatic heterocycles. The van der Waals surface area contributed by atoms with Crippen molar-refractivity contribution < 1.29 is 31.6 Å². The zero-order chi connectivity index (χ0) is 89.9. The minimum atomic E-state index is -0.0419. The first-order chi connectivity index (χ1) is 61.8. The number of aromatic nitrogens is 5. The molecule has 0 bridgehead atoms. The van der Waals surface area contributed by atoms with Crippen molar-refractivity contribution in [3.05, 3.63) is 324 Å². The van der Waals surface area contributed by atoms with Gasteiger partial charge in [-0.1, -0.05) is 184 Å². The van der Waals surface area contributed by atoms with Crippen molar-refractivity contribution in [2.45, 2.75) is 267 Å². The summed E-state index contributed by atoms with van der Waals surface area (Å²) in [4.78, 5) is 0. The molecule has 0 amide bonds. The van der Waals surface area contributed by atoms with E-state index in [4.69, 9.17) is 0 Å². The summed E-state index contributed by atoms with van der Waals surface area (Å²) in [6, 6.07) is 77.7. The molecule has 7 heteroatoms. The zero-order valence-corrected chi connectivity index (χ0v) is 80.3. The molecule has 5 saturated carbocycles. The number of benzene rings is 10. The van der Waals surface area contributed by atoms with E-state index in [0.717, 1.165) is 76.4 Å². The van der Waals surface area contributed by atoms with Crippen LogP contribution in [-0.4, -0.2) is 0 Å². The summed E-state index contributed by atoms with van der Waals surface area (Å²) in [5.74, 6) is 2.89. The molecular weight excluding hydrogens is 1560 g/mol. The number of hydrogen-bond donors (Lipinski definition) is 0. The maximum Gasteiger partial charge on any atom is 0.213 e. The fourth-order valence-corrected chi connectivity index (χ4v) is 22.9. The number of aryl methyl sites for hydroxylation is 15. The van der Waals surface area contributed by atoms with Gasteiger partial charge in [-0.25, -0.2) is 8.78 Å². The molecule has 658 valence electrons. The fraction of sp³-hybridized carbons (Fsp3) is 0.380. The monoisotopic (exact) mass is 1700 g/mol. The Morgan fingerprint density at radius 1 is 0.227 bits per heavy atom. The molecule has 0 N–H and O–H groups in total. The van der Waals surface area contributed by atoms with Gasteiger partial charge in [0.05, 0.1) is 5.39 Å². The minimum Gasteiger partial charge on any atom is -0.207 e. The molecule has 128 heavy (non-hydrogen) atoms. The van der Waals surface area contributed by atoms with Gasteiger partial charge in [-0.05, 0) is 329 Å². The second-order valence-corrected chi connectivity index (χ2v) is 39.5. The molecule has 0 atom stereocenters. The van der Waals surface area contributed by atoms with E-state index in [0.29, 0.717) is 11.8 Å². The number of rotatable bonds is 10. The van der Waals surface area contributed by atoms with Crippen LogP contribution in [0.25, 0.3) is 111 Å². The largest absolute Gasteiger partial charge is 0.213 e. The maximum absolute atomic E-state index is 14.7. The highest BCUT2D eigenvalue weighted by Gasteiger charge is 2.31. The van der Waals surface area contributed by atoms with Crippen LogP contribution in [0.15, 0.2) is 212 Å². The van der Waals surface area contributed by atoms with Crippen molar-refractivity contribution in [1.29, 1.82) is 0 Å². The second-order valence-electron chi connectivity index (χ2n) is 39.5. The van der Waals surface area contributed by atoms with Crippen molar-refractivity contribution in [2.75, 3.05) is 0 Å². The Bertz CT molecular complexity index is 6510. The average molecular weight is 1700 g/mol. The van der Waals surface area contributed by atoms with Crippen LogP contribution in [0.5, 0.6) is 0 Å². The molecule has 5 fully saturated rings. The molecule has 0 radical (unpaired) electrons. The van der Waals surface area contributed by atoms with Gasteiger partial charge in [0.15, 0.2) is 0 Å². The fourth-order valence-electron chi connectivity index (χ4n) is 22.9. The third-order valence-corrected chi connectivity index (χ3v) is 30.6. The van der Waals surface area contributed by atoms with Gasteiger partial charge >= 0.3 is 0 Å². The van der Waals surface area contributed by atoms with Crippen LogP contribution in [0.4, 0.5) is 8.78 Å². The van der Waals surface area contributed by atoms with Gasteiger partial charge in [0.1, 0.15) is 46.9 Å². The van der Waals surface area contributed by atoms with Gasteiger partial charge in [-0.2, -0.15) is 22.8 Å². The topological polar surface area (TPSA) is 19.4 Å². The first-order valence-corrected chi connectivity index (χ1v) is 48.7. The summed E-state index contributed by atoms with van der Waals surface area (Å²) in [6.07, 6.45) is 29.9. The smallest absolute Gasteiger partial charge is 0.207 e. The SMILES string of the molecule is Cc1cc(C)c(C)c(-c2ccc3c(C4CCCC4)c(F)ccc3[n+]2C)c1.Cc1cc(C)c(C)c(-c2ccc3c(C4CCCCC4)cccc3[n+]2C)c1.Cc1cc(C)c(C)c(-c2ccc3cc(F)c(C4CCCC4)cc3[n+]2C)c1.Cc1ccc(C)c(-c2ccc3c(C4CCCCC4)cccc3[n+]2C)c1.Cc1ccc(C)c(-c2ccc3ccc(C4CCCCC4)cc3[n+]2C)c1. The number of halogens is 2. The van der Waals surface area contributed by atoms with Crippen LogP contribution in [0, 0.1) is 102 Å². The summed E-state index contributed by atoms with van der Waals surface area (Å²) < 4.78 is 41.0. The van der Waals surface area contributed by atoms with E-state index >= 15 is 0 Å². The van der Waals surface area contributed by atoms with Crippen molar-refractivity contribution in [3.8, 4) is 56.3 Å². The summed E-state index contributed by atoms with van der Waals surface area (Å²) in [7, 11) is 10.9. The van der Waals surface area contributed by atoms with Crippen molar-refractivity contribution in [2.24, 2.45) is 35.2 Å². The summed E-state index contributed by atoms with van der Waals surface area (Å²) in [5.41, 5.74) is 42.8. The summed E-state index contributed by atoms with van der Waals surface area (Å²) >= 11 is 0. The summed E-state index contributed by atoms with van der Waals surface area (Å²) in [6.45, 7) is 28.4. The molecule has 5 heterocycles. The number of pyridine rings is 5. The lowest BCUT2D eigenvalue weighted by molar-refractivity contribution is -0.633. The Morgan fingerprint density at radius 2 is 0.562 bits per heavy atom.